The first-order valence-electron chi connectivity index (χ1n) is 7.01. The number of para-hydroxylation sites is 2. The molecule has 21 heavy (non-hydrogen) atoms. The molecule has 4 heteroatoms. The topological polar surface area (TPSA) is 67.2 Å². The largest absolute Gasteiger partial charge is 0.323 e. The number of hydrogen-bond donors (Lipinski definition) is 3. The first-order valence-corrected chi connectivity index (χ1v) is 7.01. The van der Waals surface area contributed by atoms with Crippen LogP contribution in [-0.2, 0) is 0 Å². The molecule has 0 spiro atoms. The fraction of sp³-hybridized carbons (Fsp3) is 0.235. The van der Waals surface area contributed by atoms with Crippen LogP contribution < -0.4 is 16.6 Å². The van der Waals surface area contributed by atoms with Crippen LogP contribution in [-0.4, -0.2) is 5.91 Å². The van der Waals surface area contributed by atoms with Gasteiger partial charge in [0.05, 0.1) is 11.3 Å². The van der Waals surface area contributed by atoms with Crippen LogP contribution in [0.1, 0.15) is 41.3 Å². The van der Waals surface area contributed by atoms with Gasteiger partial charge in [0.1, 0.15) is 0 Å². The number of nitrogens with two attached hydrogens (primary N) is 1. The van der Waals surface area contributed by atoms with Gasteiger partial charge in [-0.05, 0) is 36.1 Å². The first kappa shape index (κ1) is 15.1. The molecule has 2 rings (SSSR count). The molecule has 0 aliphatic carbocycles. The van der Waals surface area contributed by atoms with Crippen molar-refractivity contribution in [3.63, 3.8) is 0 Å². The molecule has 110 valence electrons. The SMILES string of the molecule is Cc1cccc(C(C)C)c1NC(=O)c1ccccc1NN. The maximum Gasteiger partial charge on any atom is 0.257 e. The number of nitrogen functional groups attached to an aromatic ring is 1. The third-order valence-electron chi connectivity index (χ3n) is 3.49. The summed E-state index contributed by atoms with van der Waals surface area (Å²) >= 11 is 0. The molecule has 2 aromatic carbocycles. The Labute approximate surface area is 125 Å². The summed E-state index contributed by atoms with van der Waals surface area (Å²) in [5.74, 6) is 5.63. The summed E-state index contributed by atoms with van der Waals surface area (Å²) in [6, 6.07) is 13.2. The quantitative estimate of drug-likeness (QED) is 0.592. The molecule has 0 aromatic heterocycles. The van der Waals surface area contributed by atoms with Gasteiger partial charge in [0.2, 0.25) is 0 Å². The zero-order valence-corrected chi connectivity index (χ0v) is 12.6. The molecule has 0 fully saturated rings. The van der Waals surface area contributed by atoms with E-state index in [0.717, 1.165) is 16.8 Å². The fourth-order valence-electron chi connectivity index (χ4n) is 2.33. The molecule has 0 saturated heterocycles. The first-order chi connectivity index (χ1) is 10.0. The molecular weight excluding hydrogens is 262 g/mol. The maximum absolute atomic E-state index is 12.5. The number of rotatable bonds is 4. The molecule has 0 unspecified atom stereocenters. The lowest BCUT2D eigenvalue weighted by atomic mass is 9.98. The fourth-order valence-corrected chi connectivity index (χ4v) is 2.33. The molecule has 4 nitrogen and oxygen atoms in total. The summed E-state index contributed by atoms with van der Waals surface area (Å²) in [5, 5.41) is 3.02. The van der Waals surface area contributed by atoms with E-state index >= 15 is 0 Å². The van der Waals surface area contributed by atoms with E-state index in [1.165, 1.54) is 0 Å². The Kier molecular flexibility index (Phi) is 4.60. The van der Waals surface area contributed by atoms with Gasteiger partial charge in [0.15, 0.2) is 0 Å². The summed E-state index contributed by atoms with van der Waals surface area (Å²) < 4.78 is 0. The van der Waals surface area contributed by atoms with Crippen LogP contribution in [0.2, 0.25) is 0 Å². The molecule has 0 aliphatic heterocycles. The van der Waals surface area contributed by atoms with Crippen molar-refractivity contribution >= 4 is 17.3 Å². The summed E-state index contributed by atoms with van der Waals surface area (Å²) in [6.45, 7) is 6.22. The Morgan fingerprint density at radius 2 is 1.81 bits per heavy atom. The van der Waals surface area contributed by atoms with Crippen molar-refractivity contribution in [3.05, 3.63) is 59.2 Å². The van der Waals surface area contributed by atoms with Crippen LogP contribution in [0.4, 0.5) is 11.4 Å². The molecule has 0 aliphatic rings. The molecule has 0 saturated carbocycles. The standard InChI is InChI=1S/C17H21N3O/c1-11(2)13-9-6-7-12(3)16(13)19-17(21)14-8-4-5-10-15(14)20-18/h4-11,20H,18H2,1-3H3,(H,19,21). The van der Waals surface area contributed by atoms with E-state index < -0.39 is 0 Å². The van der Waals surface area contributed by atoms with E-state index in [1.54, 1.807) is 12.1 Å². The third-order valence-corrected chi connectivity index (χ3v) is 3.49. The highest BCUT2D eigenvalue weighted by atomic mass is 16.1. The minimum Gasteiger partial charge on any atom is -0.323 e. The van der Waals surface area contributed by atoms with E-state index in [0.29, 0.717) is 17.2 Å². The van der Waals surface area contributed by atoms with Gasteiger partial charge in [0, 0.05) is 5.69 Å². The Balaban J connectivity index is 2.36. The Morgan fingerprint density at radius 3 is 2.48 bits per heavy atom. The van der Waals surface area contributed by atoms with Crippen molar-refractivity contribution in [2.75, 3.05) is 10.7 Å². The van der Waals surface area contributed by atoms with Crippen molar-refractivity contribution in [2.24, 2.45) is 5.84 Å². The van der Waals surface area contributed by atoms with Gasteiger partial charge in [-0.25, -0.2) is 0 Å². The van der Waals surface area contributed by atoms with E-state index in [2.05, 4.69) is 24.6 Å². The Morgan fingerprint density at radius 1 is 1.10 bits per heavy atom. The molecule has 0 radical (unpaired) electrons. The number of hydrogen-bond acceptors (Lipinski definition) is 3. The van der Waals surface area contributed by atoms with E-state index in [-0.39, 0.29) is 5.91 Å². The van der Waals surface area contributed by atoms with Gasteiger partial charge in [-0.3, -0.25) is 10.6 Å². The number of benzene rings is 2. The molecule has 2 aromatic rings. The monoisotopic (exact) mass is 283 g/mol. The van der Waals surface area contributed by atoms with Gasteiger partial charge < -0.3 is 10.7 Å². The summed E-state index contributed by atoms with van der Waals surface area (Å²) in [5.41, 5.74) is 6.74. The summed E-state index contributed by atoms with van der Waals surface area (Å²) in [4.78, 5) is 12.5. The number of hydrazine groups is 1. The Hall–Kier alpha value is -2.33. The van der Waals surface area contributed by atoms with Crippen LogP contribution in [0.5, 0.6) is 0 Å². The van der Waals surface area contributed by atoms with Crippen LogP contribution in [0.15, 0.2) is 42.5 Å². The van der Waals surface area contributed by atoms with Crippen molar-refractivity contribution in [1.29, 1.82) is 0 Å². The van der Waals surface area contributed by atoms with Crippen molar-refractivity contribution in [2.45, 2.75) is 26.7 Å². The van der Waals surface area contributed by atoms with Crippen LogP contribution in [0.25, 0.3) is 0 Å². The second kappa shape index (κ2) is 6.41. The van der Waals surface area contributed by atoms with Gasteiger partial charge in [-0.1, -0.05) is 44.2 Å². The van der Waals surface area contributed by atoms with E-state index in [4.69, 9.17) is 5.84 Å². The highest BCUT2D eigenvalue weighted by molar-refractivity contribution is 6.08. The average Bonchev–Trinajstić information content (AvgIpc) is 2.48. The predicted molar refractivity (Wildman–Crippen MR) is 87.5 cm³/mol. The highest BCUT2D eigenvalue weighted by Crippen LogP contribution is 2.28. The van der Waals surface area contributed by atoms with E-state index in [1.807, 2.05) is 37.3 Å². The molecule has 0 heterocycles. The number of carbonyl (C=O) groups is 1. The lowest BCUT2D eigenvalue weighted by Crippen LogP contribution is -2.18. The van der Waals surface area contributed by atoms with Crippen LogP contribution >= 0.6 is 0 Å². The number of anilines is 2. The molecule has 0 atom stereocenters. The predicted octanol–water partition coefficient (Wildman–Crippen LogP) is 3.66. The smallest absolute Gasteiger partial charge is 0.257 e. The van der Waals surface area contributed by atoms with E-state index in [9.17, 15) is 4.79 Å². The number of aryl methyl sites for hydroxylation is 1. The lowest BCUT2D eigenvalue weighted by Gasteiger charge is -2.17. The zero-order chi connectivity index (χ0) is 15.4. The number of amides is 1. The third kappa shape index (κ3) is 3.23. The Bertz CT molecular complexity index is 650. The maximum atomic E-state index is 12.5. The molecular formula is C17H21N3O. The highest BCUT2D eigenvalue weighted by Gasteiger charge is 2.15. The molecule has 0 bridgehead atoms. The van der Waals surface area contributed by atoms with Gasteiger partial charge in [-0.2, -0.15) is 0 Å². The van der Waals surface area contributed by atoms with Crippen LogP contribution in [0.3, 0.4) is 0 Å². The van der Waals surface area contributed by atoms with Gasteiger partial charge in [-0.15, -0.1) is 0 Å². The van der Waals surface area contributed by atoms with Crippen molar-refractivity contribution in [1.82, 2.24) is 0 Å². The van der Waals surface area contributed by atoms with Crippen LogP contribution in [0, 0.1) is 6.92 Å². The lowest BCUT2D eigenvalue weighted by molar-refractivity contribution is 0.102. The molecule has 4 N–H and O–H groups in total. The summed E-state index contributed by atoms with van der Waals surface area (Å²) in [7, 11) is 0. The normalized spacial score (nSPS) is 10.5. The van der Waals surface area contributed by atoms with Gasteiger partial charge in [0.25, 0.3) is 5.91 Å². The average molecular weight is 283 g/mol. The zero-order valence-electron chi connectivity index (χ0n) is 12.6. The number of carbonyl (C=O) groups excluding carboxylic acids is 1. The van der Waals surface area contributed by atoms with Gasteiger partial charge >= 0.3 is 0 Å². The van der Waals surface area contributed by atoms with Crippen molar-refractivity contribution < 1.29 is 4.79 Å². The second-order valence-electron chi connectivity index (χ2n) is 5.34. The minimum atomic E-state index is -0.167. The summed E-state index contributed by atoms with van der Waals surface area (Å²) in [6.07, 6.45) is 0. The van der Waals surface area contributed by atoms with Crippen molar-refractivity contribution in [3.8, 4) is 0 Å². The second-order valence-corrected chi connectivity index (χ2v) is 5.34. The number of nitrogens with one attached hydrogen (secondary N) is 2. The minimum absolute atomic E-state index is 0.167. The molecule has 1 amide bonds.